The molecule has 0 radical (unpaired) electrons. The zero-order chi connectivity index (χ0) is 33.5. The molecule has 3 aromatic rings. The van der Waals surface area contributed by atoms with Gasteiger partial charge in [0.25, 0.3) is 15.9 Å². The number of nitrogens with one attached hydrogen (secondary N) is 2. The number of hydrogen-bond donors (Lipinski definition) is 2. The summed E-state index contributed by atoms with van der Waals surface area (Å²) in [6.45, 7) is 13.2. The lowest BCUT2D eigenvalue weighted by atomic mass is 9.74. The molecule has 48 heavy (non-hydrogen) atoms. The number of ether oxygens (including phenoxy) is 1. The minimum Gasteiger partial charge on any atom is -0.475 e. The number of carbonyl (C=O) groups excluding carboxylic acids is 1. The number of sulfonamides is 1. The molecule has 0 spiro atoms. The van der Waals surface area contributed by atoms with Crippen LogP contribution in [0, 0.1) is 25.2 Å². The fourth-order valence-corrected chi connectivity index (χ4v) is 8.47. The molecule has 1 aliphatic heterocycles. The van der Waals surface area contributed by atoms with Crippen LogP contribution < -0.4 is 14.8 Å². The molecule has 260 valence electrons. The monoisotopic (exact) mass is 695 g/mol. The summed E-state index contributed by atoms with van der Waals surface area (Å²) in [7, 11) is -4.11. The van der Waals surface area contributed by atoms with Crippen molar-refractivity contribution >= 4 is 34.3 Å². The number of aryl methyl sites for hydroxylation is 2. The van der Waals surface area contributed by atoms with E-state index in [1.807, 2.05) is 36.9 Å². The van der Waals surface area contributed by atoms with Crippen molar-refractivity contribution in [2.45, 2.75) is 116 Å². The molecule has 11 heteroatoms. The van der Waals surface area contributed by atoms with E-state index in [9.17, 15) is 13.2 Å². The van der Waals surface area contributed by atoms with Gasteiger partial charge in [0.15, 0.2) is 0 Å². The molecule has 1 amide bonds. The highest BCUT2D eigenvalue weighted by Crippen LogP contribution is 2.38. The van der Waals surface area contributed by atoms with Crippen LogP contribution in [0.3, 0.4) is 0 Å². The maximum atomic E-state index is 14.4. The Morgan fingerprint density at radius 3 is 2.33 bits per heavy atom. The number of aromatic nitrogens is 2. The molecule has 2 saturated carbocycles. The van der Waals surface area contributed by atoms with Gasteiger partial charge < -0.3 is 15.0 Å². The SMILES string of the molecule is Cc1cccc(C)c1-c1cc2nc(n1)NS(=O)(=O)c1cccc(c1)C(=O)N(C1CC(NC3CCC(C)(C)CC3)C1)[C@H](CC(C)C)CO2.Cl. The molecule has 4 bridgehead atoms. The van der Waals surface area contributed by atoms with Crippen molar-refractivity contribution in [1.29, 1.82) is 0 Å². The third-order valence-electron chi connectivity index (χ3n) is 10.2. The summed E-state index contributed by atoms with van der Waals surface area (Å²) >= 11 is 0. The number of fused-ring (bicyclic) bond motifs is 4. The van der Waals surface area contributed by atoms with Crippen LogP contribution in [0.2, 0.25) is 0 Å². The Balaban J connectivity index is 0.00000451. The van der Waals surface area contributed by atoms with E-state index < -0.39 is 10.0 Å². The molecular formula is C37H50ClN5O4S. The molecule has 9 nitrogen and oxygen atoms in total. The maximum absolute atomic E-state index is 14.4. The van der Waals surface area contributed by atoms with Crippen LogP contribution in [0.25, 0.3) is 11.3 Å². The average molecular weight is 696 g/mol. The maximum Gasteiger partial charge on any atom is 0.264 e. The lowest BCUT2D eigenvalue weighted by Gasteiger charge is -2.48. The molecular weight excluding hydrogens is 646 g/mol. The predicted octanol–water partition coefficient (Wildman–Crippen LogP) is 7.32. The van der Waals surface area contributed by atoms with Crippen molar-refractivity contribution in [1.82, 2.24) is 20.2 Å². The summed E-state index contributed by atoms with van der Waals surface area (Å²) < 4.78 is 36.3. The van der Waals surface area contributed by atoms with Crippen molar-refractivity contribution in [3.63, 3.8) is 0 Å². The van der Waals surface area contributed by atoms with E-state index in [4.69, 9.17) is 4.74 Å². The molecule has 0 unspecified atom stereocenters. The molecule has 2 aromatic carbocycles. The van der Waals surface area contributed by atoms with Crippen LogP contribution in [0.4, 0.5) is 5.95 Å². The fraction of sp³-hybridized carbons (Fsp3) is 0.541. The van der Waals surface area contributed by atoms with Gasteiger partial charge >= 0.3 is 0 Å². The van der Waals surface area contributed by atoms with E-state index in [1.54, 1.807) is 18.2 Å². The largest absolute Gasteiger partial charge is 0.475 e. The van der Waals surface area contributed by atoms with Crippen molar-refractivity contribution in [3.05, 3.63) is 65.2 Å². The second-order valence-corrected chi connectivity index (χ2v) is 16.7. The van der Waals surface area contributed by atoms with Crippen molar-refractivity contribution in [3.8, 4) is 17.1 Å². The summed E-state index contributed by atoms with van der Waals surface area (Å²) in [4.78, 5) is 25.5. The lowest BCUT2D eigenvalue weighted by Crippen LogP contribution is -2.60. The topological polar surface area (TPSA) is 114 Å². The van der Waals surface area contributed by atoms with E-state index in [0.717, 1.165) is 36.0 Å². The first-order valence-electron chi connectivity index (χ1n) is 17.1. The standard InChI is InChI=1S/C37H49N5O4S.ClH/c1-23(2)17-30-22-46-33-21-32(34-24(3)9-7-10-25(34)4)39-36(40-33)41-47(44,45)31-12-8-11-26(18-31)35(43)42(30)29-19-28(20-29)38-27-13-15-37(5,6)16-14-27;/h7-12,18,21,23,27-30,38H,13-17,19-20,22H2,1-6H3,(H,39,40,41);1H/t28?,29?,30-;/m1./s1. The second-order valence-electron chi connectivity index (χ2n) is 15.0. The third-order valence-corrected chi connectivity index (χ3v) is 11.5. The Labute approximate surface area is 292 Å². The Hall–Kier alpha value is -3.21. The Kier molecular flexibility index (Phi) is 10.8. The number of amides is 1. The van der Waals surface area contributed by atoms with E-state index >= 15 is 0 Å². The van der Waals surface area contributed by atoms with Gasteiger partial charge in [-0.05, 0) is 99.5 Å². The van der Waals surface area contributed by atoms with Gasteiger partial charge in [-0.25, -0.2) is 18.1 Å². The van der Waals surface area contributed by atoms with E-state index in [0.29, 0.717) is 34.7 Å². The van der Waals surface area contributed by atoms with Crippen molar-refractivity contribution in [2.24, 2.45) is 11.3 Å². The average Bonchev–Trinajstić information content (AvgIpc) is 2.98. The highest BCUT2D eigenvalue weighted by Gasteiger charge is 2.42. The van der Waals surface area contributed by atoms with Crippen LogP contribution >= 0.6 is 12.4 Å². The lowest BCUT2D eigenvalue weighted by molar-refractivity contribution is 0.0186. The number of rotatable bonds is 6. The normalized spacial score (nSPS) is 23.8. The Bertz CT molecular complexity index is 1710. The Morgan fingerprint density at radius 2 is 1.67 bits per heavy atom. The first kappa shape index (κ1) is 36.1. The van der Waals surface area contributed by atoms with Gasteiger partial charge in [-0.15, -0.1) is 12.4 Å². The van der Waals surface area contributed by atoms with Crippen LogP contribution in [-0.4, -0.2) is 60.0 Å². The minimum absolute atomic E-state index is 0. The third kappa shape index (κ3) is 7.98. The molecule has 2 N–H and O–H groups in total. The highest BCUT2D eigenvalue weighted by atomic mass is 35.5. The van der Waals surface area contributed by atoms with Crippen LogP contribution in [0.5, 0.6) is 5.88 Å². The zero-order valence-corrected chi connectivity index (χ0v) is 30.6. The van der Waals surface area contributed by atoms with Crippen LogP contribution in [-0.2, 0) is 10.0 Å². The van der Waals surface area contributed by atoms with Gasteiger partial charge in [0.05, 0.1) is 16.6 Å². The van der Waals surface area contributed by atoms with Crippen molar-refractivity contribution < 1.29 is 17.9 Å². The van der Waals surface area contributed by atoms with E-state index in [2.05, 4.69) is 47.7 Å². The second kappa shape index (κ2) is 14.3. The molecule has 1 atom stereocenters. The quantitative estimate of drug-likeness (QED) is 0.278. The summed E-state index contributed by atoms with van der Waals surface area (Å²) in [5.41, 5.74) is 4.24. The van der Waals surface area contributed by atoms with Crippen LogP contribution in [0.1, 0.15) is 94.1 Å². The van der Waals surface area contributed by atoms with Gasteiger partial charge in [-0.1, -0.05) is 52.0 Å². The summed E-state index contributed by atoms with van der Waals surface area (Å²) in [5.74, 6) is 0.310. The van der Waals surface area contributed by atoms with Crippen LogP contribution in [0.15, 0.2) is 53.4 Å². The highest BCUT2D eigenvalue weighted by molar-refractivity contribution is 7.92. The van der Waals surface area contributed by atoms with Gasteiger partial charge in [-0.3, -0.25) is 4.79 Å². The molecule has 3 aliphatic rings. The summed E-state index contributed by atoms with van der Waals surface area (Å²) in [6.07, 6.45) is 7.26. The molecule has 6 rings (SSSR count). The Morgan fingerprint density at radius 1 is 1.00 bits per heavy atom. The van der Waals surface area contributed by atoms with Crippen molar-refractivity contribution in [2.75, 3.05) is 11.3 Å². The number of nitrogens with zero attached hydrogens (tertiary/aromatic N) is 3. The molecule has 1 aromatic heterocycles. The minimum atomic E-state index is -4.11. The molecule has 2 heterocycles. The smallest absolute Gasteiger partial charge is 0.264 e. The first-order valence-corrected chi connectivity index (χ1v) is 18.6. The fourth-order valence-electron chi connectivity index (χ4n) is 7.48. The van der Waals surface area contributed by atoms with E-state index in [1.165, 1.54) is 37.8 Å². The number of carbonyl (C=O) groups is 1. The zero-order valence-electron chi connectivity index (χ0n) is 29.0. The molecule has 2 fully saturated rings. The molecule has 0 saturated heterocycles. The first-order chi connectivity index (χ1) is 22.3. The number of hydrogen-bond acceptors (Lipinski definition) is 7. The number of anilines is 1. The number of halogens is 1. The number of benzene rings is 2. The van der Waals surface area contributed by atoms with E-state index in [-0.39, 0.29) is 53.7 Å². The van der Waals surface area contributed by atoms with Gasteiger partial charge in [0, 0.05) is 35.3 Å². The van der Waals surface area contributed by atoms with Gasteiger partial charge in [0.1, 0.15) is 6.61 Å². The van der Waals surface area contributed by atoms with Gasteiger partial charge in [-0.2, -0.15) is 4.98 Å². The summed E-state index contributed by atoms with van der Waals surface area (Å²) in [6, 6.07) is 14.7. The summed E-state index contributed by atoms with van der Waals surface area (Å²) in [5, 5.41) is 3.89. The van der Waals surface area contributed by atoms with Gasteiger partial charge in [0.2, 0.25) is 11.8 Å². The molecule has 2 aliphatic carbocycles. The predicted molar refractivity (Wildman–Crippen MR) is 192 cm³/mol.